The molecule has 1 aliphatic heterocycles. The van der Waals surface area contributed by atoms with Gasteiger partial charge in [-0.15, -0.1) is 11.3 Å². The van der Waals surface area contributed by atoms with Crippen molar-refractivity contribution in [3.63, 3.8) is 0 Å². The van der Waals surface area contributed by atoms with E-state index in [1.54, 1.807) is 0 Å². The maximum Gasteiger partial charge on any atom is 0.268 e. The summed E-state index contributed by atoms with van der Waals surface area (Å²) < 4.78 is 12.3. The maximum absolute atomic E-state index is 13.1. The van der Waals surface area contributed by atoms with E-state index in [9.17, 15) is 9.59 Å². The number of nitrogens with zero attached hydrogens (tertiary/aromatic N) is 4. The van der Waals surface area contributed by atoms with E-state index in [2.05, 4.69) is 20.4 Å². The van der Waals surface area contributed by atoms with Crippen LogP contribution in [0.25, 0.3) is 32.4 Å². The average molecular weight is 452 g/mol. The zero-order valence-corrected chi connectivity index (χ0v) is 18.2. The highest BCUT2D eigenvalue weighted by molar-refractivity contribution is 7.22. The van der Waals surface area contributed by atoms with Crippen LogP contribution in [-0.4, -0.2) is 44.9 Å². The number of fused-ring (bicyclic) bond motifs is 1. The molecule has 1 unspecified atom stereocenters. The molecule has 164 valence electrons. The Hall–Kier alpha value is -3.37. The van der Waals surface area contributed by atoms with Crippen LogP contribution in [0.5, 0.6) is 0 Å². The maximum atomic E-state index is 13.1. The number of hydrogen-bond acceptors (Lipinski definition) is 8. The lowest BCUT2D eigenvalue weighted by Crippen LogP contribution is -2.36. The van der Waals surface area contributed by atoms with Crippen LogP contribution in [0.2, 0.25) is 0 Å². The lowest BCUT2D eigenvalue weighted by Gasteiger charge is -2.11. The number of carbonyl (C=O) groups excluding carboxylic acids is 1. The number of rotatable bonds is 6. The molecule has 4 heterocycles. The zero-order valence-electron chi connectivity index (χ0n) is 17.4. The minimum absolute atomic E-state index is 0.0492. The molecule has 1 fully saturated rings. The number of benzene rings is 1. The van der Waals surface area contributed by atoms with Gasteiger partial charge < -0.3 is 14.6 Å². The molecule has 0 aliphatic carbocycles. The minimum Gasteiger partial charge on any atom is -0.376 e. The van der Waals surface area contributed by atoms with E-state index in [1.165, 1.54) is 22.2 Å². The Morgan fingerprint density at radius 1 is 1.31 bits per heavy atom. The summed E-state index contributed by atoms with van der Waals surface area (Å²) in [6, 6.07) is 9.52. The van der Waals surface area contributed by atoms with Crippen LogP contribution in [0.4, 0.5) is 0 Å². The van der Waals surface area contributed by atoms with E-state index in [1.807, 2.05) is 37.3 Å². The predicted molar refractivity (Wildman–Crippen MR) is 119 cm³/mol. The van der Waals surface area contributed by atoms with Gasteiger partial charge in [-0.25, -0.2) is 4.98 Å². The number of nitrogens with one attached hydrogen (secondary N) is 1. The van der Waals surface area contributed by atoms with Gasteiger partial charge in [-0.2, -0.15) is 4.98 Å². The molecule has 0 bridgehead atoms. The highest BCUT2D eigenvalue weighted by atomic mass is 32.1. The number of carbonyl (C=O) groups is 1. The Morgan fingerprint density at radius 2 is 2.16 bits per heavy atom. The largest absolute Gasteiger partial charge is 0.376 e. The van der Waals surface area contributed by atoms with Gasteiger partial charge in [0.2, 0.25) is 11.7 Å². The van der Waals surface area contributed by atoms with Crippen molar-refractivity contribution >= 4 is 27.5 Å². The Kier molecular flexibility index (Phi) is 5.54. The van der Waals surface area contributed by atoms with E-state index >= 15 is 0 Å². The third-order valence-corrected chi connectivity index (χ3v) is 6.62. The molecule has 10 heteroatoms. The third kappa shape index (κ3) is 3.94. The van der Waals surface area contributed by atoms with Crippen molar-refractivity contribution in [2.24, 2.45) is 0 Å². The number of thiophene rings is 1. The van der Waals surface area contributed by atoms with Crippen LogP contribution in [0, 0.1) is 6.92 Å². The van der Waals surface area contributed by atoms with Crippen molar-refractivity contribution in [2.45, 2.75) is 32.4 Å². The fraction of sp³-hybridized carbons (Fsp3) is 0.318. The van der Waals surface area contributed by atoms with Gasteiger partial charge in [-0.05, 0) is 25.3 Å². The van der Waals surface area contributed by atoms with Crippen molar-refractivity contribution in [2.75, 3.05) is 13.2 Å². The summed E-state index contributed by atoms with van der Waals surface area (Å²) in [5.41, 5.74) is 1.28. The van der Waals surface area contributed by atoms with Gasteiger partial charge in [0.15, 0.2) is 0 Å². The van der Waals surface area contributed by atoms with Crippen LogP contribution in [-0.2, 0) is 16.1 Å². The highest BCUT2D eigenvalue weighted by Crippen LogP contribution is 2.35. The molecule has 3 aromatic heterocycles. The van der Waals surface area contributed by atoms with Crippen LogP contribution in [0.1, 0.15) is 18.4 Å². The molecule has 0 saturated carbocycles. The van der Waals surface area contributed by atoms with Gasteiger partial charge in [0.05, 0.1) is 22.7 Å². The van der Waals surface area contributed by atoms with Crippen LogP contribution in [0.15, 0.2) is 46.0 Å². The Morgan fingerprint density at radius 3 is 2.94 bits per heavy atom. The first-order valence-corrected chi connectivity index (χ1v) is 11.2. The number of hydrogen-bond donors (Lipinski definition) is 1. The Labute approximate surface area is 187 Å². The highest BCUT2D eigenvalue weighted by Gasteiger charge is 2.21. The fourth-order valence-corrected chi connectivity index (χ4v) is 4.80. The molecule has 1 aromatic carbocycles. The van der Waals surface area contributed by atoms with Crippen molar-refractivity contribution in [3.05, 3.63) is 52.6 Å². The molecule has 0 spiro atoms. The standard InChI is InChI=1S/C22H21N5O4S/c1-13-17-21(32-18(13)20-25-19(26-31-20)14-6-3-2-4-7-14)24-12-27(22(17)29)11-16(28)23-10-15-8-5-9-30-15/h2-4,6-7,12,15H,5,8-11H2,1H3,(H,23,28). The zero-order chi connectivity index (χ0) is 22.1. The summed E-state index contributed by atoms with van der Waals surface area (Å²) >= 11 is 1.32. The second kappa shape index (κ2) is 8.64. The van der Waals surface area contributed by atoms with Crippen molar-refractivity contribution in [3.8, 4) is 22.2 Å². The first-order chi connectivity index (χ1) is 15.6. The lowest BCUT2D eigenvalue weighted by atomic mass is 10.2. The van der Waals surface area contributed by atoms with Crippen LogP contribution < -0.4 is 10.9 Å². The van der Waals surface area contributed by atoms with E-state index in [0.717, 1.165) is 25.0 Å². The summed E-state index contributed by atoms with van der Waals surface area (Å²) in [7, 11) is 0. The van der Waals surface area contributed by atoms with E-state index < -0.39 is 0 Å². The fourth-order valence-electron chi connectivity index (χ4n) is 3.74. The third-order valence-electron chi connectivity index (χ3n) is 5.43. The number of amides is 1. The summed E-state index contributed by atoms with van der Waals surface area (Å²) in [6.07, 6.45) is 3.40. The minimum atomic E-state index is -0.273. The average Bonchev–Trinajstić information content (AvgIpc) is 3.55. The summed E-state index contributed by atoms with van der Waals surface area (Å²) in [5, 5.41) is 7.35. The molecular formula is C22H21N5O4S. The van der Waals surface area contributed by atoms with Gasteiger partial charge in [0, 0.05) is 18.7 Å². The SMILES string of the molecule is Cc1c(-c2nc(-c3ccccc3)no2)sc2ncn(CC(=O)NCC3CCCO3)c(=O)c12. The Bertz CT molecular complexity index is 1320. The molecule has 1 saturated heterocycles. The molecule has 1 amide bonds. The molecule has 5 rings (SSSR count). The van der Waals surface area contributed by atoms with Crippen molar-refractivity contribution in [1.82, 2.24) is 25.0 Å². The van der Waals surface area contributed by atoms with Gasteiger partial charge in [-0.3, -0.25) is 14.2 Å². The van der Waals surface area contributed by atoms with E-state index in [0.29, 0.717) is 38.9 Å². The number of aryl methyl sites for hydroxylation is 1. The monoisotopic (exact) mass is 451 g/mol. The van der Waals surface area contributed by atoms with Gasteiger partial charge >= 0.3 is 0 Å². The quantitative estimate of drug-likeness (QED) is 0.480. The second-order valence-electron chi connectivity index (χ2n) is 7.64. The van der Waals surface area contributed by atoms with E-state index in [4.69, 9.17) is 9.26 Å². The summed E-state index contributed by atoms with van der Waals surface area (Å²) in [4.78, 5) is 35.5. The lowest BCUT2D eigenvalue weighted by molar-refractivity contribution is -0.122. The van der Waals surface area contributed by atoms with Crippen molar-refractivity contribution < 1.29 is 14.1 Å². The van der Waals surface area contributed by atoms with Gasteiger partial charge in [-0.1, -0.05) is 35.5 Å². The molecule has 9 nitrogen and oxygen atoms in total. The van der Waals surface area contributed by atoms with Crippen LogP contribution in [0.3, 0.4) is 0 Å². The first kappa shape index (κ1) is 20.5. The normalized spacial score (nSPS) is 16.0. The first-order valence-electron chi connectivity index (χ1n) is 10.4. The molecule has 1 N–H and O–H groups in total. The second-order valence-corrected chi connectivity index (χ2v) is 8.64. The molecular weight excluding hydrogens is 430 g/mol. The topological polar surface area (TPSA) is 112 Å². The number of aromatic nitrogens is 4. The molecule has 0 radical (unpaired) electrons. The van der Waals surface area contributed by atoms with Gasteiger partial charge in [0.1, 0.15) is 11.4 Å². The van der Waals surface area contributed by atoms with E-state index in [-0.39, 0.29) is 24.1 Å². The van der Waals surface area contributed by atoms with Gasteiger partial charge in [0.25, 0.3) is 11.4 Å². The van der Waals surface area contributed by atoms with Crippen LogP contribution >= 0.6 is 11.3 Å². The summed E-state index contributed by atoms with van der Waals surface area (Å²) in [5.74, 6) is 0.566. The molecule has 1 atom stereocenters. The molecule has 1 aliphatic rings. The smallest absolute Gasteiger partial charge is 0.268 e. The molecule has 32 heavy (non-hydrogen) atoms. The Balaban J connectivity index is 1.39. The number of ether oxygens (including phenoxy) is 1. The summed E-state index contributed by atoms with van der Waals surface area (Å²) in [6.45, 7) is 2.91. The predicted octanol–water partition coefficient (Wildman–Crippen LogP) is 2.78. The molecule has 4 aromatic rings. The van der Waals surface area contributed by atoms with Crippen molar-refractivity contribution in [1.29, 1.82) is 0 Å².